The van der Waals surface area contributed by atoms with Gasteiger partial charge in [0.1, 0.15) is 5.92 Å². The van der Waals surface area contributed by atoms with Crippen LogP contribution in [0, 0.1) is 5.92 Å². The highest BCUT2D eigenvalue weighted by Gasteiger charge is 2.38. The van der Waals surface area contributed by atoms with Crippen molar-refractivity contribution >= 4 is 44.9 Å². The maximum atomic E-state index is 13.3. The quantitative estimate of drug-likeness (QED) is 0.432. The number of nitrogens with one attached hydrogen (secondary N) is 1. The molecule has 1 aliphatic rings. The van der Waals surface area contributed by atoms with Crippen LogP contribution in [0.15, 0.2) is 99.6 Å². The molecular weight excluding hydrogens is 456 g/mol. The molecule has 0 saturated heterocycles. The molecule has 0 fully saturated rings. The Bertz CT molecular complexity index is 1160. The molecule has 31 heavy (non-hydrogen) atoms. The molecule has 1 atom stereocenters. The second kappa shape index (κ2) is 9.06. The maximum Gasteiger partial charge on any atom is 0.271 e. The van der Waals surface area contributed by atoms with Crippen molar-refractivity contribution in [1.82, 2.24) is 5.43 Å². The van der Waals surface area contributed by atoms with Crippen molar-refractivity contribution in [3.05, 3.63) is 101 Å². The number of anilines is 1. The third kappa shape index (κ3) is 4.46. The molecule has 0 spiro atoms. The van der Waals surface area contributed by atoms with Gasteiger partial charge in [-0.1, -0.05) is 64.5 Å². The largest absolute Gasteiger partial charge is 0.271 e. The molecule has 0 unspecified atom stereocenters. The minimum Gasteiger partial charge on any atom is -0.271 e. The highest BCUT2D eigenvalue weighted by molar-refractivity contribution is 9.10. The van der Waals surface area contributed by atoms with E-state index in [0.29, 0.717) is 22.7 Å². The number of amides is 2. The smallest absolute Gasteiger partial charge is 0.271 e. The second-order valence-corrected chi connectivity index (χ2v) is 7.89. The lowest BCUT2D eigenvalue weighted by atomic mass is 9.93. The van der Waals surface area contributed by atoms with Gasteiger partial charge in [-0.2, -0.15) is 15.2 Å². The summed E-state index contributed by atoms with van der Waals surface area (Å²) in [6.07, 6.45) is 0. The lowest BCUT2D eigenvalue weighted by molar-refractivity contribution is -0.118. The van der Waals surface area contributed by atoms with E-state index in [2.05, 4.69) is 31.6 Å². The summed E-state index contributed by atoms with van der Waals surface area (Å²) in [6, 6.07) is 25.5. The molecule has 4 rings (SSSR count). The van der Waals surface area contributed by atoms with Crippen LogP contribution in [0.1, 0.15) is 22.8 Å². The number of carbonyl (C=O) groups is 2. The minimum atomic E-state index is -0.701. The van der Waals surface area contributed by atoms with Crippen LogP contribution in [0.2, 0.25) is 0 Å². The molecule has 0 aliphatic carbocycles. The van der Waals surface area contributed by atoms with Crippen LogP contribution >= 0.6 is 15.9 Å². The fourth-order valence-electron chi connectivity index (χ4n) is 3.32. The highest BCUT2D eigenvalue weighted by Crippen LogP contribution is 2.26. The standard InChI is InChI=1S/C24H19BrN4O2/c1-16-21(24(31)29(28-16)20-10-6-3-7-11-20)22(17-8-4-2-5-9-17)26-27-23(30)18-12-14-19(25)15-13-18/h2-15,21H,1H3,(H,27,30)/b26-22-/t21-/m1/s1. The van der Waals surface area contributed by atoms with Gasteiger partial charge in [0.15, 0.2) is 0 Å². The molecule has 1 heterocycles. The lowest BCUT2D eigenvalue weighted by Crippen LogP contribution is -2.35. The van der Waals surface area contributed by atoms with Gasteiger partial charge in [-0.05, 0) is 48.9 Å². The van der Waals surface area contributed by atoms with Crippen LogP contribution in [0.5, 0.6) is 0 Å². The van der Waals surface area contributed by atoms with Crippen LogP contribution < -0.4 is 10.4 Å². The van der Waals surface area contributed by atoms with Gasteiger partial charge in [-0.3, -0.25) is 9.59 Å². The summed E-state index contributed by atoms with van der Waals surface area (Å²) in [6.45, 7) is 1.79. The molecule has 6 nitrogen and oxygen atoms in total. The number of benzene rings is 3. The molecule has 3 aromatic carbocycles. The topological polar surface area (TPSA) is 74.1 Å². The van der Waals surface area contributed by atoms with Gasteiger partial charge in [0, 0.05) is 10.0 Å². The molecule has 0 bridgehead atoms. The van der Waals surface area contributed by atoms with Crippen molar-refractivity contribution in [2.75, 3.05) is 5.01 Å². The summed E-state index contributed by atoms with van der Waals surface area (Å²) >= 11 is 3.36. The van der Waals surface area contributed by atoms with Crippen molar-refractivity contribution in [3.63, 3.8) is 0 Å². The number of carbonyl (C=O) groups excluding carboxylic acids is 2. The number of hydrogen-bond donors (Lipinski definition) is 1. The zero-order chi connectivity index (χ0) is 21.8. The Kier molecular flexibility index (Phi) is 6.04. The van der Waals surface area contributed by atoms with Gasteiger partial charge in [0.2, 0.25) is 0 Å². The summed E-state index contributed by atoms with van der Waals surface area (Å²) in [5.74, 6) is -1.28. The predicted octanol–water partition coefficient (Wildman–Crippen LogP) is 4.62. The first kappa shape index (κ1) is 20.7. The van der Waals surface area contributed by atoms with Crippen molar-refractivity contribution in [2.45, 2.75) is 6.92 Å². The molecule has 154 valence electrons. The number of rotatable bonds is 5. The van der Waals surface area contributed by atoms with E-state index >= 15 is 0 Å². The summed E-state index contributed by atoms with van der Waals surface area (Å²) < 4.78 is 0.877. The molecule has 1 aliphatic heterocycles. The van der Waals surface area contributed by atoms with E-state index in [-0.39, 0.29) is 11.8 Å². The van der Waals surface area contributed by atoms with E-state index in [0.717, 1.165) is 10.0 Å². The summed E-state index contributed by atoms with van der Waals surface area (Å²) in [5.41, 5.74) is 5.53. The second-order valence-electron chi connectivity index (χ2n) is 6.97. The van der Waals surface area contributed by atoms with Gasteiger partial charge in [-0.25, -0.2) is 5.43 Å². The molecular formula is C24H19BrN4O2. The van der Waals surface area contributed by atoms with E-state index in [1.807, 2.05) is 60.7 Å². The van der Waals surface area contributed by atoms with Crippen molar-refractivity contribution in [1.29, 1.82) is 0 Å². The molecule has 7 heteroatoms. The summed E-state index contributed by atoms with van der Waals surface area (Å²) in [7, 11) is 0. The predicted molar refractivity (Wildman–Crippen MR) is 125 cm³/mol. The van der Waals surface area contributed by atoms with Crippen molar-refractivity contribution in [2.24, 2.45) is 16.1 Å². The number of hydrazone groups is 2. The minimum absolute atomic E-state index is 0.218. The molecule has 2 amide bonds. The zero-order valence-electron chi connectivity index (χ0n) is 16.7. The fourth-order valence-corrected chi connectivity index (χ4v) is 3.58. The Morgan fingerprint density at radius 2 is 1.55 bits per heavy atom. The third-order valence-corrected chi connectivity index (χ3v) is 5.39. The first-order valence-electron chi connectivity index (χ1n) is 9.67. The van der Waals surface area contributed by atoms with Gasteiger partial charge < -0.3 is 0 Å². The first-order valence-corrected chi connectivity index (χ1v) is 10.5. The Morgan fingerprint density at radius 3 is 2.19 bits per heavy atom. The highest BCUT2D eigenvalue weighted by atomic mass is 79.9. The van der Waals surface area contributed by atoms with Crippen LogP contribution in [-0.4, -0.2) is 23.2 Å². The fraction of sp³-hybridized carbons (Fsp3) is 0.0833. The van der Waals surface area contributed by atoms with Crippen LogP contribution in [0.3, 0.4) is 0 Å². The Morgan fingerprint density at radius 1 is 0.935 bits per heavy atom. The van der Waals surface area contributed by atoms with Gasteiger partial charge in [0.25, 0.3) is 11.8 Å². The van der Waals surface area contributed by atoms with E-state index in [1.54, 1.807) is 31.2 Å². The summed E-state index contributed by atoms with van der Waals surface area (Å²) in [5, 5.41) is 10.2. The van der Waals surface area contributed by atoms with Crippen molar-refractivity contribution < 1.29 is 9.59 Å². The van der Waals surface area contributed by atoms with Crippen molar-refractivity contribution in [3.8, 4) is 0 Å². The van der Waals surface area contributed by atoms with E-state index in [9.17, 15) is 9.59 Å². The lowest BCUT2D eigenvalue weighted by Gasteiger charge is -2.16. The van der Waals surface area contributed by atoms with E-state index < -0.39 is 5.92 Å². The molecule has 0 saturated carbocycles. The average Bonchev–Trinajstić information content (AvgIpc) is 3.10. The van der Waals surface area contributed by atoms with Gasteiger partial charge in [0.05, 0.1) is 17.1 Å². The zero-order valence-corrected chi connectivity index (χ0v) is 18.3. The number of para-hydroxylation sites is 1. The summed E-state index contributed by atoms with van der Waals surface area (Å²) in [4.78, 5) is 25.9. The third-order valence-electron chi connectivity index (χ3n) is 4.86. The molecule has 0 radical (unpaired) electrons. The maximum absolute atomic E-state index is 13.3. The van der Waals surface area contributed by atoms with Gasteiger partial charge in [-0.15, -0.1) is 0 Å². The number of nitrogens with zero attached hydrogens (tertiary/aromatic N) is 3. The van der Waals surface area contributed by atoms with Gasteiger partial charge >= 0.3 is 0 Å². The SMILES string of the molecule is CC1=NN(c2ccccc2)C(=O)[C@H]1/C(=N\NC(=O)c1ccc(Br)cc1)c1ccccc1. The normalized spacial score (nSPS) is 16.3. The van der Waals surface area contributed by atoms with E-state index in [4.69, 9.17) is 0 Å². The molecule has 3 aromatic rings. The Hall–Kier alpha value is -3.58. The Labute approximate surface area is 188 Å². The molecule has 0 aromatic heterocycles. The first-order chi connectivity index (χ1) is 15.0. The Balaban J connectivity index is 1.67. The van der Waals surface area contributed by atoms with E-state index in [1.165, 1.54) is 5.01 Å². The van der Waals surface area contributed by atoms with Crippen LogP contribution in [0.25, 0.3) is 0 Å². The van der Waals surface area contributed by atoms with Crippen LogP contribution in [-0.2, 0) is 4.79 Å². The average molecular weight is 475 g/mol. The number of hydrogen-bond acceptors (Lipinski definition) is 4. The van der Waals surface area contributed by atoms with Crippen LogP contribution in [0.4, 0.5) is 5.69 Å². The monoisotopic (exact) mass is 474 g/mol. The number of halogens is 1. The molecule has 1 N–H and O–H groups in total.